The fraction of sp³-hybridized carbons (Fsp3) is 0.588. The first-order chi connectivity index (χ1) is 10.2. The van der Waals surface area contributed by atoms with Crippen molar-refractivity contribution in [2.45, 2.75) is 33.1 Å². The van der Waals surface area contributed by atoms with Crippen LogP contribution in [0.25, 0.3) is 0 Å². The van der Waals surface area contributed by atoms with Gasteiger partial charge in [0.05, 0.1) is 16.9 Å². The molecule has 0 saturated carbocycles. The molecule has 0 aromatic heterocycles. The van der Waals surface area contributed by atoms with Gasteiger partial charge in [-0.2, -0.15) is 0 Å². The highest BCUT2D eigenvalue weighted by Gasteiger charge is 2.37. The molecule has 0 atom stereocenters. The third kappa shape index (κ3) is 2.47. The van der Waals surface area contributed by atoms with Gasteiger partial charge in [-0.1, -0.05) is 19.9 Å². The first kappa shape index (κ1) is 14.2. The lowest BCUT2D eigenvalue weighted by molar-refractivity contribution is 0.0771. The smallest absolute Gasteiger partial charge is 0.256 e. The molecule has 2 aliphatic heterocycles. The number of nitrogens with one attached hydrogen (secondary N) is 2. The Balaban J connectivity index is 1.84. The van der Waals surface area contributed by atoms with Crippen LogP contribution >= 0.6 is 0 Å². The maximum absolute atomic E-state index is 12.9. The maximum Gasteiger partial charge on any atom is 0.256 e. The molecule has 1 saturated heterocycles. The third-order valence-electron chi connectivity index (χ3n) is 5.26. The lowest BCUT2D eigenvalue weighted by atomic mass is 9.82. The van der Waals surface area contributed by atoms with E-state index < -0.39 is 0 Å². The summed E-state index contributed by atoms with van der Waals surface area (Å²) in [5.41, 5.74) is 3.15. The summed E-state index contributed by atoms with van der Waals surface area (Å²) in [4.78, 5) is 14.9. The molecule has 0 spiro atoms. The number of hydrogen-bond acceptors (Lipinski definition) is 3. The van der Waals surface area contributed by atoms with E-state index in [1.165, 1.54) is 0 Å². The minimum atomic E-state index is 0.173. The second-order valence-corrected chi connectivity index (χ2v) is 6.27. The molecule has 2 N–H and O–H groups in total. The van der Waals surface area contributed by atoms with Crippen LogP contribution in [-0.2, 0) is 0 Å². The first-order valence-electron chi connectivity index (χ1n) is 8.09. The predicted octanol–water partition coefficient (Wildman–Crippen LogP) is 3.18. The summed E-state index contributed by atoms with van der Waals surface area (Å²) < 4.78 is 0. The molecule has 1 amide bonds. The Morgan fingerprint density at radius 2 is 2.00 bits per heavy atom. The molecule has 114 valence electrons. The number of hydrogen-bond donors (Lipinski definition) is 2. The molecule has 2 heterocycles. The number of amides is 1. The molecule has 2 aliphatic rings. The van der Waals surface area contributed by atoms with E-state index in [2.05, 4.69) is 24.5 Å². The van der Waals surface area contributed by atoms with Crippen molar-refractivity contribution in [1.29, 1.82) is 0 Å². The molecule has 3 rings (SSSR count). The standard InChI is InChI=1S/C17H25N3O/c1-3-17(4-2)8-11-20(12-17)16(21)13-6-5-7-14-15(13)19-10-9-18-14/h5-7,18-19H,3-4,8-12H2,1-2H3. The summed E-state index contributed by atoms with van der Waals surface area (Å²) >= 11 is 0. The van der Waals surface area contributed by atoms with Crippen molar-refractivity contribution < 1.29 is 4.79 Å². The van der Waals surface area contributed by atoms with Crippen LogP contribution in [0.15, 0.2) is 18.2 Å². The van der Waals surface area contributed by atoms with E-state index in [-0.39, 0.29) is 5.91 Å². The van der Waals surface area contributed by atoms with Crippen molar-refractivity contribution >= 4 is 17.3 Å². The molecule has 1 fully saturated rings. The van der Waals surface area contributed by atoms with Crippen molar-refractivity contribution in [3.8, 4) is 0 Å². The average molecular weight is 287 g/mol. The lowest BCUT2D eigenvalue weighted by Crippen LogP contribution is -2.33. The minimum Gasteiger partial charge on any atom is -0.382 e. The largest absolute Gasteiger partial charge is 0.382 e. The monoisotopic (exact) mass is 287 g/mol. The normalized spacial score (nSPS) is 19.6. The van der Waals surface area contributed by atoms with Gasteiger partial charge in [0.25, 0.3) is 5.91 Å². The molecule has 0 unspecified atom stereocenters. The van der Waals surface area contributed by atoms with Crippen LogP contribution in [-0.4, -0.2) is 37.0 Å². The summed E-state index contributed by atoms with van der Waals surface area (Å²) in [6.07, 6.45) is 3.44. The van der Waals surface area contributed by atoms with E-state index in [1.54, 1.807) is 0 Å². The van der Waals surface area contributed by atoms with E-state index in [0.29, 0.717) is 5.41 Å². The molecule has 21 heavy (non-hydrogen) atoms. The fourth-order valence-electron chi connectivity index (χ4n) is 3.56. The molecule has 4 nitrogen and oxygen atoms in total. The number of likely N-dealkylation sites (tertiary alicyclic amines) is 1. The Morgan fingerprint density at radius 1 is 1.24 bits per heavy atom. The molecule has 0 radical (unpaired) electrons. The van der Waals surface area contributed by atoms with Crippen LogP contribution in [0, 0.1) is 5.41 Å². The summed E-state index contributed by atoms with van der Waals surface area (Å²) in [7, 11) is 0. The van der Waals surface area contributed by atoms with Crippen LogP contribution in [0.4, 0.5) is 11.4 Å². The Bertz CT molecular complexity index is 537. The summed E-state index contributed by atoms with van der Waals surface area (Å²) in [6, 6.07) is 5.94. The average Bonchev–Trinajstić information content (AvgIpc) is 2.99. The lowest BCUT2D eigenvalue weighted by Gasteiger charge is -2.27. The van der Waals surface area contributed by atoms with Crippen LogP contribution in [0.5, 0.6) is 0 Å². The quantitative estimate of drug-likeness (QED) is 0.897. The van der Waals surface area contributed by atoms with E-state index in [9.17, 15) is 4.79 Å². The second kappa shape index (κ2) is 5.58. The van der Waals surface area contributed by atoms with Crippen LogP contribution in [0.3, 0.4) is 0 Å². The first-order valence-corrected chi connectivity index (χ1v) is 8.09. The number of nitrogens with zero attached hydrogens (tertiary/aromatic N) is 1. The Labute approximate surface area is 126 Å². The summed E-state index contributed by atoms with van der Waals surface area (Å²) in [6.45, 7) is 8.04. The van der Waals surface area contributed by atoms with Crippen LogP contribution in [0.1, 0.15) is 43.5 Å². The molecule has 1 aromatic rings. The van der Waals surface area contributed by atoms with Gasteiger partial charge in [-0.3, -0.25) is 4.79 Å². The van der Waals surface area contributed by atoms with Crippen molar-refractivity contribution in [2.24, 2.45) is 5.41 Å². The van der Waals surface area contributed by atoms with E-state index in [0.717, 1.165) is 62.4 Å². The van der Waals surface area contributed by atoms with E-state index >= 15 is 0 Å². The van der Waals surface area contributed by atoms with Crippen molar-refractivity contribution in [2.75, 3.05) is 36.8 Å². The minimum absolute atomic E-state index is 0.173. The predicted molar refractivity (Wildman–Crippen MR) is 87.0 cm³/mol. The molecular formula is C17H25N3O. The van der Waals surface area contributed by atoms with Gasteiger partial charge in [-0.15, -0.1) is 0 Å². The zero-order valence-corrected chi connectivity index (χ0v) is 13.0. The number of carbonyl (C=O) groups is 1. The molecular weight excluding hydrogens is 262 g/mol. The topological polar surface area (TPSA) is 44.4 Å². The third-order valence-corrected chi connectivity index (χ3v) is 5.26. The fourth-order valence-corrected chi connectivity index (χ4v) is 3.56. The van der Waals surface area contributed by atoms with Crippen molar-refractivity contribution in [1.82, 2.24) is 4.90 Å². The van der Waals surface area contributed by atoms with Gasteiger partial charge in [0.2, 0.25) is 0 Å². The highest BCUT2D eigenvalue weighted by molar-refractivity contribution is 6.03. The number of anilines is 2. The molecule has 0 aliphatic carbocycles. The Hall–Kier alpha value is -1.71. The number of fused-ring (bicyclic) bond motifs is 1. The summed E-state index contributed by atoms with van der Waals surface area (Å²) in [5.74, 6) is 0.173. The zero-order chi connectivity index (χ0) is 14.9. The van der Waals surface area contributed by atoms with Gasteiger partial charge < -0.3 is 15.5 Å². The molecule has 0 bridgehead atoms. The van der Waals surface area contributed by atoms with E-state index in [4.69, 9.17) is 0 Å². The molecule has 4 heteroatoms. The SMILES string of the molecule is CCC1(CC)CCN(C(=O)c2cccc3c2NCCN3)C1. The van der Waals surface area contributed by atoms with Gasteiger partial charge in [0, 0.05) is 26.2 Å². The highest BCUT2D eigenvalue weighted by atomic mass is 16.2. The van der Waals surface area contributed by atoms with Gasteiger partial charge in [-0.25, -0.2) is 0 Å². The second-order valence-electron chi connectivity index (χ2n) is 6.27. The van der Waals surface area contributed by atoms with Crippen molar-refractivity contribution in [3.63, 3.8) is 0 Å². The molecule has 1 aromatic carbocycles. The van der Waals surface area contributed by atoms with Crippen LogP contribution < -0.4 is 10.6 Å². The van der Waals surface area contributed by atoms with Gasteiger partial charge >= 0.3 is 0 Å². The highest BCUT2D eigenvalue weighted by Crippen LogP contribution is 2.38. The van der Waals surface area contributed by atoms with Gasteiger partial charge in [0.1, 0.15) is 0 Å². The number of carbonyl (C=O) groups excluding carboxylic acids is 1. The van der Waals surface area contributed by atoms with Gasteiger partial charge in [0.15, 0.2) is 0 Å². The van der Waals surface area contributed by atoms with E-state index in [1.807, 2.05) is 23.1 Å². The number of para-hydroxylation sites is 1. The van der Waals surface area contributed by atoms with Gasteiger partial charge in [-0.05, 0) is 36.8 Å². The maximum atomic E-state index is 12.9. The zero-order valence-electron chi connectivity index (χ0n) is 13.0. The summed E-state index contributed by atoms with van der Waals surface area (Å²) in [5, 5.41) is 6.73. The van der Waals surface area contributed by atoms with Crippen molar-refractivity contribution in [3.05, 3.63) is 23.8 Å². The Morgan fingerprint density at radius 3 is 2.71 bits per heavy atom. The number of rotatable bonds is 3. The number of benzene rings is 1. The van der Waals surface area contributed by atoms with Crippen LogP contribution in [0.2, 0.25) is 0 Å². The Kier molecular flexibility index (Phi) is 3.79.